The van der Waals surface area contributed by atoms with Crippen LogP contribution in [0.1, 0.15) is 0 Å². The summed E-state index contributed by atoms with van der Waals surface area (Å²) < 4.78 is 8.73. The molecule has 3 aromatic rings. The molecule has 0 spiro atoms. The van der Waals surface area contributed by atoms with Gasteiger partial charge in [-0.05, 0) is 23.6 Å². The van der Waals surface area contributed by atoms with Crippen molar-refractivity contribution in [1.29, 1.82) is 0 Å². The van der Waals surface area contributed by atoms with Crippen molar-refractivity contribution in [2.24, 2.45) is 0 Å². The van der Waals surface area contributed by atoms with Gasteiger partial charge in [0.05, 0.1) is 21.6 Å². The molecule has 0 N–H and O–H groups in total. The van der Waals surface area contributed by atoms with Crippen LogP contribution in [0.15, 0.2) is 30.9 Å². The van der Waals surface area contributed by atoms with E-state index in [-0.39, 0.29) is 0 Å². The second kappa shape index (κ2) is 6.73. The molecule has 7 heteroatoms. The van der Waals surface area contributed by atoms with E-state index in [0.29, 0.717) is 11.9 Å². The van der Waals surface area contributed by atoms with Gasteiger partial charge in [-0.3, -0.25) is 0 Å². The van der Waals surface area contributed by atoms with Gasteiger partial charge < -0.3 is 9.30 Å². The minimum atomic E-state index is -1.03. The van der Waals surface area contributed by atoms with Gasteiger partial charge in [0.15, 0.2) is 0 Å². The van der Waals surface area contributed by atoms with Crippen molar-refractivity contribution in [1.82, 2.24) is 14.5 Å². The fourth-order valence-corrected chi connectivity index (χ4v) is 4.20. The number of nitrogens with zero attached hydrogens (tertiary/aromatic N) is 3. The Labute approximate surface area is 146 Å². The highest BCUT2D eigenvalue weighted by molar-refractivity contribution is 7.22. The quantitative estimate of drug-likeness (QED) is 0.345. The molecule has 0 fully saturated rings. The van der Waals surface area contributed by atoms with E-state index in [2.05, 4.69) is 35.7 Å². The highest BCUT2D eigenvalue weighted by atomic mass is 35.5. The third kappa shape index (κ3) is 4.20. The lowest BCUT2D eigenvalue weighted by atomic mass is 10.3. The van der Waals surface area contributed by atoms with Crippen molar-refractivity contribution in [3.63, 3.8) is 0 Å². The van der Waals surface area contributed by atoms with Crippen LogP contribution in [0.4, 0.5) is 0 Å². The van der Waals surface area contributed by atoms with Crippen molar-refractivity contribution in [2.75, 3.05) is 6.61 Å². The lowest BCUT2D eigenvalue weighted by Gasteiger charge is -2.15. The Morgan fingerprint density at radius 2 is 2.13 bits per heavy atom. The maximum atomic E-state index is 6.14. The molecule has 3 rings (SSSR count). The Balaban J connectivity index is 1.67. The molecule has 0 amide bonds. The number of fused-ring (bicyclic) bond motifs is 1. The van der Waals surface area contributed by atoms with Crippen molar-refractivity contribution in [3.05, 3.63) is 36.0 Å². The zero-order chi connectivity index (χ0) is 16.4. The van der Waals surface area contributed by atoms with Crippen LogP contribution in [-0.4, -0.2) is 29.2 Å². The SMILES string of the molecule is C[Si](C)(C)CCOCn1cnc(-c2cc3ccnc(Cl)c3s2)c1. The molecule has 3 aromatic heterocycles. The van der Waals surface area contributed by atoms with E-state index in [0.717, 1.165) is 27.3 Å². The predicted molar refractivity (Wildman–Crippen MR) is 100.0 cm³/mol. The van der Waals surface area contributed by atoms with E-state index in [9.17, 15) is 0 Å². The average molecular weight is 366 g/mol. The Hall–Kier alpha value is -1.21. The summed E-state index contributed by atoms with van der Waals surface area (Å²) in [4.78, 5) is 9.69. The van der Waals surface area contributed by atoms with Crippen LogP contribution >= 0.6 is 22.9 Å². The van der Waals surface area contributed by atoms with Crippen LogP contribution in [0, 0.1) is 0 Å². The van der Waals surface area contributed by atoms with E-state index in [1.54, 1.807) is 17.5 Å². The van der Waals surface area contributed by atoms with Crippen LogP contribution in [0.2, 0.25) is 30.8 Å². The maximum Gasteiger partial charge on any atom is 0.146 e. The summed E-state index contributed by atoms with van der Waals surface area (Å²) in [5.41, 5.74) is 0.941. The van der Waals surface area contributed by atoms with Crippen molar-refractivity contribution in [3.8, 4) is 10.6 Å². The van der Waals surface area contributed by atoms with Crippen LogP contribution in [-0.2, 0) is 11.5 Å². The zero-order valence-electron chi connectivity index (χ0n) is 13.5. The lowest BCUT2D eigenvalue weighted by molar-refractivity contribution is 0.0872. The van der Waals surface area contributed by atoms with E-state index in [1.807, 2.05) is 23.2 Å². The number of pyridine rings is 1. The molecule has 23 heavy (non-hydrogen) atoms. The Kier molecular flexibility index (Phi) is 4.87. The smallest absolute Gasteiger partial charge is 0.146 e. The Morgan fingerprint density at radius 1 is 1.30 bits per heavy atom. The van der Waals surface area contributed by atoms with Gasteiger partial charge in [-0.1, -0.05) is 31.2 Å². The highest BCUT2D eigenvalue weighted by Crippen LogP contribution is 2.35. The summed E-state index contributed by atoms with van der Waals surface area (Å²) in [5.74, 6) is 0. The van der Waals surface area contributed by atoms with Crippen molar-refractivity contribution < 1.29 is 4.74 Å². The van der Waals surface area contributed by atoms with Crippen LogP contribution < -0.4 is 0 Å². The molecule has 0 unspecified atom stereocenters. The fraction of sp³-hybridized carbons (Fsp3) is 0.375. The van der Waals surface area contributed by atoms with E-state index in [1.165, 1.54) is 6.04 Å². The monoisotopic (exact) mass is 365 g/mol. The number of imidazole rings is 1. The highest BCUT2D eigenvalue weighted by Gasteiger charge is 2.12. The first-order valence-electron chi connectivity index (χ1n) is 7.56. The van der Waals surface area contributed by atoms with Crippen molar-refractivity contribution >= 4 is 41.1 Å². The summed E-state index contributed by atoms with van der Waals surface area (Å²) >= 11 is 7.76. The van der Waals surface area contributed by atoms with Crippen molar-refractivity contribution in [2.45, 2.75) is 32.4 Å². The summed E-state index contributed by atoms with van der Waals surface area (Å²) in [6.07, 6.45) is 5.56. The van der Waals surface area contributed by atoms with Gasteiger partial charge in [-0.2, -0.15) is 0 Å². The first-order valence-corrected chi connectivity index (χ1v) is 12.5. The Bertz CT molecular complexity index is 809. The molecule has 0 aromatic carbocycles. The fourth-order valence-electron chi connectivity index (χ4n) is 2.16. The molecule has 0 radical (unpaired) electrons. The van der Waals surface area contributed by atoms with Gasteiger partial charge in [0.25, 0.3) is 0 Å². The van der Waals surface area contributed by atoms with E-state index >= 15 is 0 Å². The standard InChI is InChI=1S/C16H20ClN3OSSi/c1-23(2,3)7-6-21-11-20-9-13(19-10-20)14-8-12-4-5-18-16(17)15(12)22-14/h4-5,8-10H,6-7,11H2,1-3H3. The summed E-state index contributed by atoms with van der Waals surface area (Å²) in [7, 11) is -1.03. The van der Waals surface area contributed by atoms with Gasteiger partial charge >= 0.3 is 0 Å². The second-order valence-corrected chi connectivity index (χ2v) is 13.8. The van der Waals surface area contributed by atoms with Crippen LogP contribution in [0.5, 0.6) is 0 Å². The third-order valence-electron chi connectivity index (χ3n) is 3.51. The molecule has 0 bridgehead atoms. The molecule has 0 aliphatic rings. The first-order chi connectivity index (χ1) is 10.9. The number of halogens is 1. The van der Waals surface area contributed by atoms with Gasteiger partial charge in [0.2, 0.25) is 0 Å². The average Bonchev–Trinajstić information content (AvgIpc) is 3.09. The summed E-state index contributed by atoms with van der Waals surface area (Å²) in [5, 5.41) is 1.65. The minimum Gasteiger partial charge on any atom is -0.361 e. The number of hydrogen-bond acceptors (Lipinski definition) is 4. The molecule has 3 heterocycles. The predicted octanol–water partition coefficient (Wildman–Crippen LogP) is 5.13. The van der Waals surface area contributed by atoms with Gasteiger partial charge in [0.1, 0.15) is 11.9 Å². The molecule has 4 nitrogen and oxygen atoms in total. The number of aromatic nitrogens is 3. The summed E-state index contributed by atoms with van der Waals surface area (Å²) in [6.45, 7) is 8.42. The topological polar surface area (TPSA) is 39.9 Å². The molecular formula is C16H20ClN3OSSi. The number of thiophene rings is 1. The van der Waals surface area contributed by atoms with Gasteiger partial charge in [-0.15, -0.1) is 11.3 Å². The van der Waals surface area contributed by atoms with Gasteiger partial charge in [-0.25, -0.2) is 9.97 Å². The summed E-state index contributed by atoms with van der Waals surface area (Å²) in [6, 6.07) is 5.25. The number of hydrogen-bond donors (Lipinski definition) is 0. The normalized spacial score (nSPS) is 12.2. The molecular weight excluding hydrogens is 346 g/mol. The number of rotatable bonds is 6. The molecule has 0 saturated heterocycles. The van der Waals surface area contributed by atoms with E-state index in [4.69, 9.17) is 16.3 Å². The van der Waals surface area contributed by atoms with Gasteiger partial charge in [0, 0.05) is 27.1 Å². The molecule has 0 saturated carbocycles. The minimum absolute atomic E-state index is 0.546. The largest absolute Gasteiger partial charge is 0.361 e. The maximum absolute atomic E-state index is 6.14. The Morgan fingerprint density at radius 3 is 2.87 bits per heavy atom. The first kappa shape index (κ1) is 16.6. The lowest BCUT2D eigenvalue weighted by Crippen LogP contribution is -2.21. The second-order valence-electron chi connectivity index (χ2n) is 6.75. The molecule has 0 aliphatic heterocycles. The zero-order valence-corrected chi connectivity index (χ0v) is 16.1. The molecule has 0 aliphatic carbocycles. The van der Waals surface area contributed by atoms with E-state index < -0.39 is 8.07 Å². The molecule has 122 valence electrons. The number of ether oxygens (including phenoxy) is 1. The third-order valence-corrected chi connectivity index (χ3v) is 6.80. The van der Waals surface area contributed by atoms with Crippen LogP contribution in [0.25, 0.3) is 20.7 Å². The molecule has 0 atom stereocenters. The van der Waals surface area contributed by atoms with Crippen LogP contribution in [0.3, 0.4) is 0 Å².